The molecule has 0 aliphatic carbocycles. The molecule has 0 aromatic carbocycles. The summed E-state index contributed by atoms with van der Waals surface area (Å²) in [6.07, 6.45) is -4.77. The van der Waals surface area contributed by atoms with Crippen LogP contribution in [0.2, 0.25) is 0 Å². The number of hydrogen-bond acceptors (Lipinski definition) is 1. The zero-order valence-electron chi connectivity index (χ0n) is 6.87. The molecule has 68 valence electrons. The largest absolute Gasteiger partial charge is 0.416 e. The Balaban J connectivity index is 4.22. The molecule has 0 spiro atoms. The highest BCUT2D eigenvalue weighted by atomic mass is 19.4. The lowest BCUT2D eigenvalue weighted by atomic mass is 9.94. The first-order valence-corrected chi connectivity index (χ1v) is 3.46. The predicted octanol–water partition coefficient (Wildman–Crippen LogP) is 2.35. The van der Waals surface area contributed by atoms with Crippen LogP contribution in [0.4, 0.5) is 13.2 Å². The van der Waals surface area contributed by atoms with Crippen molar-refractivity contribution in [1.82, 2.24) is 0 Å². The Hall–Kier alpha value is -0.250. The van der Waals surface area contributed by atoms with Gasteiger partial charge in [-0.15, -0.1) is 0 Å². The fourth-order valence-corrected chi connectivity index (χ4v) is 0.911. The molecule has 1 N–H and O–H groups in total. The summed E-state index contributed by atoms with van der Waals surface area (Å²) in [6.45, 7) is 4.08. The van der Waals surface area contributed by atoms with Gasteiger partial charge in [-0.3, -0.25) is 0 Å². The molecule has 0 fully saturated rings. The van der Waals surface area contributed by atoms with E-state index in [1.807, 2.05) is 0 Å². The maximum atomic E-state index is 11.9. The number of halogens is 3. The van der Waals surface area contributed by atoms with E-state index < -0.39 is 11.8 Å². The molecule has 0 aromatic rings. The standard InChI is InChI=1S/C7H13F3O/c1-5(2)4-6(3,11)7(8,9)10/h5,11H,4H2,1-3H3/t6-/m0/s1. The van der Waals surface area contributed by atoms with Crippen LogP contribution >= 0.6 is 0 Å². The second kappa shape index (κ2) is 3.01. The Kier molecular flexibility index (Phi) is 2.94. The van der Waals surface area contributed by atoms with Crippen LogP contribution in [0.5, 0.6) is 0 Å². The summed E-state index contributed by atoms with van der Waals surface area (Å²) >= 11 is 0. The summed E-state index contributed by atoms with van der Waals surface area (Å²) in [5.74, 6) is -0.161. The third-order valence-corrected chi connectivity index (χ3v) is 1.42. The molecular formula is C7H13F3O. The minimum Gasteiger partial charge on any atom is -0.381 e. The molecule has 0 saturated carbocycles. The molecule has 0 saturated heterocycles. The van der Waals surface area contributed by atoms with E-state index >= 15 is 0 Å². The molecular weight excluding hydrogens is 157 g/mol. The first-order valence-electron chi connectivity index (χ1n) is 3.46. The summed E-state index contributed by atoms with van der Waals surface area (Å²) in [7, 11) is 0. The van der Waals surface area contributed by atoms with Gasteiger partial charge in [-0.1, -0.05) is 13.8 Å². The lowest BCUT2D eigenvalue weighted by Gasteiger charge is -2.27. The topological polar surface area (TPSA) is 20.2 Å². The van der Waals surface area contributed by atoms with E-state index in [0.29, 0.717) is 0 Å². The Labute approximate surface area is 64.2 Å². The molecule has 0 rings (SSSR count). The average molecular weight is 170 g/mol. The van der Waals surface area contributed by atoms with Crippen LogP contribution < -0.4 is 0 Å². The number of hydrogen-bond donors (Lipinski definition) is 1. The van der Waals surface area contributed by atoms with E-state index in [9.17, 15) is 13.2 Å². The van der Waals surface area contributed by atoms with Crippen LogP contribution in [-0.2, 0) is 0 Å². The second-order valence-electron chi connectivity index (χ2n) is 3.37. The van der Waals surface area contributed by atoms with Crippen LogP contribution in [-0.4, -0.2) is 16.9 Å². The van der Waals surface area contributed by atoms with Crippen LogP contribution in [0.3, 0.4) is 0 Å². The molecule has 1 atom stereocenters. The van der Waals surface area contributed by atoms with Crippen LogP contribution in [0.15, 0.2) is 0 Å². The molecule has 0 unspecified atom stereocenters. The highest BCUT2D eigenvalue weighted by molar-refractivity contribution is 4.82. The van der Waals surface area contributed by atoms with Crippen molar-refractivity contribution in [1.29, 1.82) is 0 Å². The average Bonchev–Trinajstić information content (AvgIpc) is 1.56. The molecule has 11 heavy (non-hydrogen) atoms. The van der Waals surface area contributed by atoms with E-state index in [2.05, 4.69) is 0 Å². The van der Waals surface area contributed by atoms with Gasteiger partial charge < -0.3 is 5.11 Å². The van der Waals surface area contributed by atoms with Crippen molar-refractivity contribution in [2.24, 2.45) is 5.92 Å². The highest BCUT2D eigenvalue weighted by Gasteiger charge is 2.49. The molecule has 4 heteroatoms. The van der Waals surface area contributed by atoms with Crippen LogP contribution in [0.25, 0.3) is 0 Å². The maximum Gasteiger partial charge on any atom is 0.416 e. The van der Waals surface area contributed by atoms with Crippen LogP contribution in [0, 0.1) is 5.92 Å². The first-order chi connectivity index (χ1) is 4.67. The Bertz CT molecular complexity index is 126. The van der Waals surface area contributed by atoms with Crippen molar-refractivity contribution >= 4 is 0 Å². The van der Waals surface area contributed by atoms with Gasteiger partial charge in [0.15, 0.2) is 5.60 Å². The van der Waals surface area contributed by atoms with Gasteiger partial charge in [-0.25, -0.2) is 0 Å². The van der Waals surface area contributed by atoms with Gasteiger partial charge in [0.1, 0.15) is 0 Å². The lowest BCUT2D eigenvalue weighted by Crippen LogP contribution is -2.43. The van der Waals surface area contributed by atoms with Gasteiger partial charge in [-0.2, -0.15) is 13.2 Å². The Morgan fingerprint density at radius 1 is 1.27 bits per heavy atom. The molecule has 1 nitrogen and oxygen atoms in total. The fourth-order valence-electron chi connectivity index (χ4n) is 0.911. The molecule has 0 aliphatic rings. The molecule has 0 aromatic heterocycles. The van der Waals surface area contributed by atoms with E-state index in [4.69, 9.17) is 5.11 Å². The quantitative estimate of drug-likeness (QED) is 0.674. The van der Waals surface area contributed by atoms with Crippen molar-refractivity contribution < 1.29 is 18.3 Å². The van der Waals surface area contributed by atoms with Gasteiger partial charge >= 0.3 is 6.18 Å². The minimum atomic E-state index is -4.52. The van der Waals surface area contributed by atoms with Crippen molar-refractivity contribution in [3.8, 4) is 0 Å². The first kappa shape index (κ1) is 10.8. The van der Waals surface area contributed by atoms with Gasteiger partial charge in [-0.05, 0) is 19.3 Å². The number of alkyl halides is 3. The second-order valence-corrected chi connectivity index (χ2v) is 3.37. The smallest absolute Gasteiger partial charge is 0.381 e. The van der Waals surface area contributed by atoms with Gasteiger partial charge in [0.2, 0.25) is 0 Å². The van der Waals surface area contributed by atoms with E-state index in [-0.39, 0.29) is 12.3 Å². The monoisotopic (exact) mass is 170 g/mol. The van der Waals surface area contributed by atoms with Crippen molar-refractivity contribution in [3.05, 3.63) is 0 Å². The van der Waals surface area contributed by atoms with Gasteiger partial charge in [0.05, 0.1) is 0 Å². The normalized spacial score (nSPS) is 18.5. The Morgan fingerprint density at radius 2 is 1.64 bits per heavy atom. The molecule has 0 heterocycles. The Morgan fingerprint density at radius 3 is 1.73 bits per heavy atom. The molecule has 0 amide bonds. The maximum absolute atomic E-state index is 11.9. The van der Waals surface area contributed by atoms with E-state index in [0.717, 1.165) is 6.92 Å². The highest BCUT2D eigenvalue weighted by Crippen LogP contribution is 2.34. The van der Waals surface area contributed by atoms with E-state index in [1.54, 1.807) is 13.8 Å². The third-order valence-electron chi connectivity index (χ3n) is 1.42. The van der Waals surface area contributed by atoms with Crippen molar-refractivity contribution in [3.63, 3.8) is 0 Å². The summed E-state index contributed by atoms with van der Waals surface area (Å²) in [5.41, 5.74) is -2.54. The molecule has 0 radical (unpaired) electrons. The summed E-state index contributed by atoms with van der Waals surface area (Å²) in [5, 5.41) is 8.90. The SMILES string of the molecule is CC(C)C[C@](C)(O)C(F)(F)F. The third kappa shape index (κ3) is 3.10. The van der Waals surface area contributed by atoms with Gasteiger partial charge in [0, 0.05) is 0 Å². The lowest BCUT2D eigenvalue weighted by molar-refractivity contribution is -0.257. The fraction of sp³-hybridized carbons (Fsp3) is 1.00. The number of aliphatic hydroxyl groups is 1. The predicted molar refractivity (Wildman–Crippen MR) is 36.1 cm³/mol. The zero-order valence-corrected chi connectivity index (χ0v) is 6.87. The summed E-state index contributed by atoms with van der Waals surface area (Å²) in [4.78, 5) is 0. The molecule has 0 aliphatic heterocycles. The van der Waals surface area contributed by atoms with Crippen molar-refractivity contribution in [2.45, 2.75) is 39.0 Å². The van der Waals surface area contributed by atoms with Crippen molar-refractivity contribution in [2.75, 3.05) is 0 Å². The summed E-state index contributed by atoms with van der Waals surface area (Å²) in [6, 6.07) is 0. The zero-order chi connectivity index (χ0) is 9.28. The molecule has 0 bridgehead atoms. The number of rotatable bonds is 2. The van der Waals surface area contributed by atoms with Crippen LogP contribution in [0.1, 0.15) is 27.2 Å². The van der Waals surface area contributed by atoms with Gasteiger partial charge in [0.25, 0.3) is 0 Å². The minimum absolute atomic E-state index is 0.161. The van der Waals surface area contributed by atoms with E-state index in [1.165, 1.54) is 0 Å². The summed E-state index contributed by atoms with van der Waals surface area (Å²) < 4.78 is 35.8.